The van der Waals surface area contributed by atoms with Crippen LogP contribution in [-0.4, -0.2) is 28.4 Å². The summed E-state index contributed by atoms with van der Waals surface area (Å²) in [6.45, 7) is 6.17. The third-order valence-corrected chi connectivity index (χ3v) is 5.62. The molecule has 4 aromatic rings. The van der Waals surface area contributed by atoms with Gasteiger partial charge >= 0.3 is 0 Å². The van der Waals surface area contributed by atoms with Gasteiger partial charge in [0, 0.05) is 23.6 Å². The number of hydrogen-bond donors (Lipinski definition) is 3. The molecule has 0 aliphatic heterocycles. The first-order valence-corrected chi connectivity index (χ1v) is 11.8. The molecule has 3 aromatic carbocycles. The first-order chi connectivity index (χ1) is 16.9. The molecule has 7 nitrogen and oxygen atoms in total. The average molecular weight is 471 g/mol. The maximum Gasteiger partial charge on any atom is 0.255 e. The van der Waals surface area contributed by atoms with Crippen LogP contribution in [0, 0.1) is 5.92 Å². The third-order valence-electron chi connectivity index (χ3n) is 5.62. The molecule has 2 amide bonds. The number of nitrogens with one attached hydrogen (secondary N) is 3. The molecule has 35 heavy (non-hydrogen) atoms. The van der Waals surface area contributed by atoms with E-state index in [9.17, 15) is 9.59 Å². The number of aromatic nitrogens is 2. The van der Waals surface area contributed by atoms with Crippen LogP contribution < -0.4 is 15.4 Å². The topological polar surface area (TPSA) is 96.1 Å². The number of carbonyl (C=O) groups is 2. The molecular weight excluding hydrogens is 440 g/mol. The number of para-hydroxylation sites is 2. The van der Waals surface area contributed by atoms with Crippen molar-refractivity contribution in [2.24, 2.45) is 5.92 Å². The fourth-order valence-corrected chi connectivity index (χ4v) is 3.67. The average Bonchev–Trinajstić information content (AvgIpc) is 3.27. The van der Waals surface area contributed by atoms with E-state index >= 15 is 0 Å². The molecule has 0 fully saturated rings. The van der Waals surface area contributed by atoms with Crippen LogP contribution >= 0.6 is 0 Å². The highest BCUT2D eigenvalue weighted by atomic mass is 16.5. The molecule has 1 aromatic heterocycles. The van der Waals surface area contributed by atoms with Gasteiger partial charge in [-0.05, 0) is 61.4 Å². The lowest BCUT2D eigenvalue weighted by Crippen LogP contribution is -2.17. The second-order valence-electron chi connectivity index (χ2n) is 8.64. The predicted molar refractivity (Wildman–Crippen MR) is 139 cm³/mol. The summed E-state index contributed by atoms with van der Waals surface area (Å²) in [7, 11) is 0. The summed E-state index contributed by atoms with van der Waals surface area (Å²) in [4.78, 5) is 32.7. The number of anilines is 2. The van der Waals surface area contributed by atoms with E-state index in [4.69, 9.17) is 4.74 Å². The quantitative estimate of drug-likeness (QED) is 0.297. The third kappa shape index (κ3) is 6.06. The fraction of sp³-hybridized carbons (Fsp3) is 0.250. The van der Waals surface area contributed by atoms with Gasteiger partial charge in [-0.3, -0.25) is 9.59 Å². The van der Waals surface area contributed by atoms with Gasteiger partial charge in [0.1, 0.15) is 11.6 Å². The van der Waals surface area contributed by atoms with Crippen molar-refractivity contribution in [1.29, 1.82) is 0 Å². The SMILES string of the molecule is CCOc1ccccc1NC(=O)c1ccc2nc(CCc3ccc(NC(=O)C(C)C)cc3)[nH]c2c1. The molecule has 0 atom stereocenters. The molecule has 0 radical (unpaired) electrons. The van der Waals surface area contributed by atoms with E-state index in [2.05, 4.69) is 20.6 Å². The highest BCUT2D eigenvalue weighted by molar-refractivity contribution is 6.06. The van der Waals surface area contributed by atoms with Crippen molar-refractivity contribution in [2.75, 3.05) is 17.2 Å². The number of fused-ring (bicyclic) bond motifs is 1. The highest BCUT2D eigenvalue weighted by Gasteiger charge is 2.12. The Labute approximate surface area is 204 Å². The van der Waals surface area contributed by atoms with Crippen LogP contribution in [-0.2, 0) is 17.6 Å². The molecule has 1 heterocycles. The maximum atomic E-state index is 12.8. The van der Waals surface area contributed by atoms with Crippen molar-refractivity contribution in [3.63, 3.8) is 0 Å². The van der Waals surface area contributed by atoms with E-state index in [-0.39, 0.29) is 17.7 Å². The lowest BCUT2D eigenvalue weighted by atomic mass is 10.1. The minimum atomic E-state index is -0.208. The van der Waals surface area contributed by atoms with Crippen LogP contribution in [0.4, 0.5) is 11.4 Å². The number of hydrogen-bond acceptors (Lipinski definition) is 4. The van der Waals surface area contributed by atoms with Crippen molar-refractivity contribution in [2.45, 2.75) is 33.6 Å². The van der Waals surface area contributed by atoms with E-state index in [0.717, 1.165) is 41.0 Å². The second-order valence-corrected chi connectivity index (χ2v) is 8.64. The van der Waals surface area contributed by atoms with Gasteiger partial charge in [0.15, 0.2) is 0 Å². The van der Waals surface area contributed by atoms with Gasteiger partial charge in [-0.15, -0.1) is 0 Å². The summed E-state index contributed by atoms with van der Waals surface area (Å²) in [5, 5.41) is 5.83. The van der Waals surface area contributed by atoms with Crippen molar-refractivity contribution < 1.29 is 14.3 Å². The Kier molecular flexibility index (Phi) is 7.45. The number of ether oxygens (including phenoxy) is 1. The van der Waals surface area contributed by atoms with Crippen molar-refractivity contribution >= 4 is 34.2 Å². The van der Waals surface area contributed by atoms with Gasteiger partial charge in [-0.2, -0.15) is 0 Å². The minimum Gasteiger partial charge on any atom is -0.492 e. The number of aromatic amines is 1. The molecule has 7 heteroatoms. The molecule has 0 aliphatic rings. The highest BCUT2D eigenvalue weighted by Crippen LogP contribution is 2.25. The first-order valence-electron chi connectivity index (χ1n) is 11.8. The number of aryl methyl sites for hydroxylation is 2. The van der Waals surface area contributed by atoms with Crippen LogP contribution in [0.25, 0.3) is 11.0 Å². The molecule has 0 bridgehead atoms. The van der Waals surface area contributed by atoms with Crippen molar-refractivity contribution in [3.05, 3.63) is 83.7 Å². The van der Waals surface area contributed by atoms with Crippen LogP contribution in [0.2, 0.25) is 0 Å². The number of nitrogens with zero attached hydrogens (tertiary/aromatic N) is 1. The van der Waals surface area contributed by atoms with Crippen molar-refractivity contribution in [1.82, 2.24) is 9.97 Å². The fourth-order valence-electron chi connectivity index (χ4n) is 3.67. The summed E-state index contributed by atoms with van der Waals surface area (Å²) in [6.07, 6.45) is 1.54. The van der Waals surface area contributed by atoms with E-state index in [1.165, 1.54) is 0 Å². The molecular formula is C28H30N4O3. The van der Waals surface area contributed by atoms with Gasteiger partial charge in [0.25, 0.3) is 5.91 Å². The smallest absolute Gasteiger partial charge is 0.255 e. The monoisotopic (exact) mass is 470 g/mol. The Balaban J connectivity index is 1.40. The molecule has 0 saturated carbocycles. The number of H-pyrrole nitrogens is 1. The zero-order valence-corrected chi connectivity index (χ0v) is 20.2. The van der Waals surface area contributed by atoms with Gasteiger partial charge in [-0.1, -0.05) is 38.1 Å². The molecule has 0 unspecified atom stereocenters. The molecule has 0 saturated heterocycles. The van der Waals surface area contributed by atoms with E-state index in [1.54, 1.807) is 6.07 Å². The predicted octanol–water partition coefficient (Wildman–Crippen LogP) is 5.59. The first kappa shape index (κ1) is 24.0. The zero-order chi connectivity index (χ0) is 24.8. The summed E-state index contributed by atoms with van der Waals surface area (Å²) < 4.78 is 5.59. The standard InChI is InChI=1S/C28H30N4O3/c1-4-35-25-8-6-5-7-23(25)32-28(34)20-12-15-22-24(17-20)31-26(30-22)16-11-19-9-13-21(14-10-19)29-27(33)18(2)3/h5-10,12-15,17-18H,4,11,16H2,1-3H3,(H,29,33)(H,30,31)(H,32,34). The minimum absolute atomic E-state index is 0.00609. The van der Waals surface area contributed by atoms with Crippen LogP contribution in [0.3, 0.4) is 0 Å². The molecule has 3 N–H and O–H groups in total. The molecule has 0 aliphatic carbocycles. The summed E-state index contributed by atoms with van der Waals surface area (Å²) >= 11 is 0. The number of benzene rings is 3. The van der Waals surface area contributed by atoms with E-state index in [1.807, 2.05) is 81.4 Å². The van der Waals surface area contributed by atoms with Crippen LogP contribution in [0.15, 0.2) is 66.7 Å². The number of rotatable bonds is 9. The summed E-state index contributed by atoms with van der Waals surface area (Å²) in [6, 6.07) is 20.7. The lowest BCUT2D eigenvalue weighted by molar-refractivity contribution is -0.118. The Morgan fingerprint density at radius 3 is 2.49 bits per heavy atom. The normalized spacial score (nSPS) is 11.0. The Morgan fingerprint density at radius 1 is 0.971 bits per heavy atom. The lowest BCUT2D eigenvalue weighted by Gasteiger charge is -2.11. The number of amides is 2. The maximum absolute atomic E-state index is 12.8. The molecule has 0 spiro atoms. The molecule has 180 valence electrons. The van der Waals surface area contributed by atoms with Crippen LogP contribution in [0.5, 0.6) is 5.75 Å². The largest absolute Gasteiger partial charge is 0.492 e. The van der Waals surface area contributed by atoms with Crippen LogP contribution in [0.1, 0.15) is 42.5 Å². The Morgan fingerprint density at radius 2 is 1.74 bits per heavy atom. The summed E-state index contributed by atoms with van der Waals surface area (Å²) in [5.41, 5.74) is 4.76. The van der Waals surface area contributed by atoms with E-state index < -0.39 is 0 Å². The van der Waals surface area contributed by atoms with Gasteiger partial charge < -0.3 is 20.4 Å². The van der Waals surface area contributed by atoms with Crippen molar-refractivity contribution in [3.8, 4) is 5.75 Å². The van der Waals surface area contributed by atoms with Gasteiger partial charge in [0.2, 0.25) is 5.91 Å². The zero-order valence-electron chi connectivity index (χ0n) is 20.2. The van der Waals surface area contributed by atoms with E-state index in [0.29, 0.717) is 23.6 Å². The number of imidazole rings is 1. The second kappa shape index (κ2) is 10.9. The van der Waals surface area contributed by atoms with Gasteiger partial charge in [0.05, 0.1) is 23.3 Å². The summed E-state index contributed by atoms with van der Waals surface area (Å²) in [5.74, 6) is 1.24. The Hall–Kier alpha value is -4.13. The van der Waals surface area contributed by atoms with Gasteiger partial charge in [-0.25, -0.2) is 4.98 Å². The number of carbonyl (C=O) groups excluding carboxylic acids is 2. The molecule has 4 rings (SSSR count). The Bertz CT molecular complexity index is 1330.